The van der Waals surface area contributed by atoms with E-state index in [1.807, 2.05) is 19.1 Å². The summed E-state index contributed by atoms with van der Waals surface area (Å²) >= 11 is 0. The van der Waals surface area contributed by atoms with Crippen LogP contribution >= 0.6 is 0 Å². The van der Waals surface area contributed by atoms with Gasteiger partial charge in [-0.1, -0.05) is 27.2 Å². The predicted octanol–water partition coefficient (Wildman–Crippen LogP) is 5.11. The zero-order chi connectivity index (χ0) is 14.8. The van der Waals surface area contributed by atoms with Gasteiger partial charge in [0.25, 0.3) is 0 Å². The van der Waals surface area contributed by atoms with Gasteiger partial charge < -0.3 is 10.4 Å². The smallest absolute Gasteiger partial charge is 0.118 e. The fraction of sp³-hybridized carbons (Fsp3) is 0.667. The molecule has 2 atom stereocenters. The normalized spacial score (nSPS) is 24.2. The van der Waals surface area contributed by atoms with Crippen LogP contribution in [0.3, 0.4) is 0 Å². The summed E-state index contributed by atoms with van der Waals surface area (Å²) in [5, 5.41) is 13.2. The van der Waals surface area contributed by atoms with Gasteiger partial charge in [-0.05, 0) is 67.7 Å². The quantitative estimate of drug-likeness (QED) is 0.581. The molecule has 2 nitrogen and oxygen atoms in total. The van der Waals surface area contributed by atoms with Crippen LogP contribution in [0.2, 0.25) is 0 Å². The Kier molecular flexibility index (Phi) is 4.62. The van der Waals surface area contributed by atoms with Crippen LogP contribution < -0.4 is 5.32 Å². The SMILES string of the molecule is Cc1cc(NC2CCCC(C(C)(C)C)CC2)ccc1O. The standard InChI is InChI=1S/C18H29NO/c1-13-12-16(10-11-17(13)20)19-15-7-5-6-14(8-9-15)18(2,3)4/h10-12,14-15,19-20H,5-9H2,1-4H3. The van der Waals surface area contributed by atoms with E-state index >= 15 is 0 Å². The Morgan fingerprint density at radius 3 is 2.50 bits per heavy atom. The number of phenols is 1. The first-order valence-corrected chi connectivity index (χ1v) is 7.92. The van der Waals surface area contributed by atoms with Crippen molar-refractivity contribution in [2.24, 2.45) is 11.3 Å². The zero-order valence-corrected chi connectivity index (χ0v) is 13.4. The first kappa shape index (κ1) is 15.2. The van der Waals surface area contributed by atoms with Crippen molar-refractivity contribution in [3.63, 3.8) is 0 Å². The number of phenolic OH excluding ortho intramolecular Hbond substituents is 1. The fourth-order valence-corrected chi connectivity index (χ4v) is 3.29. The van der Waals surface area contributed by atoms with Crippen LogP contribution in [0.25, 0.3) is 0 Å². The summed E-state index contributed by atoms with van der Waals surface area (Å²) < 4.78 is 0. The van der Waals surface area contributed by atoms with Gasteiger partial charge in [-0.2, -0.15) is 0 Å². The van der Waals surface area contributed by atoms with E-state index in [1.54, 1.807) is 6.07 Å². The Bertz CT molecular complexity index is 447. The molecule has 0 aromatic heterocycles. The Morgan fingerprint density at radius 2 is 1.85 bits per heavy atom. The summed E-state index contributed by atoms with van der Waals surface area (Å²) in [5.41, 5.74) is 2.51. The van der Waals surface area contributed by atoms with Crippen molar-refractivity contribution >= 4 is 5.69 Å². The van der Waals surface area contributed by atoms with Crippen LogP contribution in [0.4, 0.5) is 5.69 Å². The van der Waals surface area contributed by atoms with Gasteiger partial charge in [0.2, 0.25) is 0 Å². The second-order valence-electron chi connectivity index (χ2n) is 7.41. The average Bonchev–Trinajstić information content (AvgIpc) is 2.59. The zero-order valence-electron chi connectivity index (χ0n) is 13.4. The maximum absolute atomic E-state index is 9.59. The van der Waals surface area contributed by atoms with Gasteiger partial charge in [0.05, 0.1) is 0 Å². The second-order valence-corrected chi connectivity index (χ2v) is 7.41. The van der Waals surface area contributed by atoms with Gasteiger partial charge in [0, 0.05) is 11.7 Å². The second kappa shape index (κ2) is 6.07. The lowest BCUT2D eigenvalue weighted by atomic mass is 9.76. The topological polar surface area (TPSA) is 32.3 Å². The van der Waals surface area contributed by atoms with Crippen molar-refractivity contribution in [1.82, 2.24) is 0 Å². The van der Waals surface area contributed by atoms with Gasteiger partial charge in [-0.15, -0.1) is 0 Å². The van der Waals surface area contributed by atoms with E-state index in [0.29, 0.717) is 17.2 Å². The first-order chi connectivity index (χ1) is 9.36. The molecule has 1 aliphatic rings. The first-order valence-electron chi connectivity index (χ1n) is 7.92. The third-order valence-electron chi connectivity index (χ3n) is 4.76. The van der Waals surface area contributed by atoms with E-state index in [0.717, 1.165) is 17.2 Å². The summed E-state index contributed by atoms with van der Waals surface area (Å²) in [7, 11) is 0. The minimum atomic E-state index is 0.379. The molecule has 2 heteroatoms. The molecule has 20 heavy (non-hydrogen) atoms. The van der Waals surface area contributed by atoms with Crippen LogP contribution in [0.5, 0.6) is 5.75 Å². The summed E-state index contributed by atoms with van der Waals surface area (Å²) in [5.74, 6) is 1.22. The van der Waals surface area contributed by atoms with Crippen molar-refractivity contribution in [3.8, 4) is 5.75 Å². The lowest BCUT2D eigenvalue weighted by molar-refractivity contribution is 0.214. The van der Waals surface area contributed by atoms with Gasteiger partial charge in [-0.25, -0.2) is 0 Å². The molecule has 1 aliphatic carbocycles. The summed E-state index contributed by atoms with van der Waals surface area (Å²) in [6.45, 7) is 9.06. The molecule has 0 bridgehead atoms. The molecule has 0 spiro atoms. The van der Waals surface area contributed by atoms with Gasteiger partial charge >= 0.3 is 0 Å². The molecule has 112 valence electrons. The van der Waals surface area contributed by atoms with Crippen LogP contribution in [0, 0.1) is 18.3 Å². The Hall–Kier alpha value is -1.18. The van der Waals surface area contributed by atoms with Crippen LogP contribution in [0.1, 0.15) is 58.4 Å². The fourth-order valence-electron chi connectivity index (χ4n) is 3.29. The Labute approximate surface area is 123 Å². The monoisotopic (exact) mass is 275 g/mol. The van der Waals surface area contributed by atoms with Crippen molar-refractivity contribution in [1.29, 1.82) is 0 Å². The molecular formula is C18H29NO. The van der Waals surface area contributed by atoms with Gasteiger partial charge in [-0.3, -0.25) is 0 Å². The summed E-state index contributed by atoms with van der Waals surface area (Å²) in [6, 6.07) is 6.38. The van der Waals surface area contributed by atoms with Crippen molar-refractivity contribution < 1.29 is 5.11 Å². The van der Waals surface area contributed by atoms with Crippen LogP contribution in [-0.4, -0.2) is 11.1 Å². The van der Waals surface area contributed by atoms with Gasteiger partial charge in [0.1, 0.15) is 5.75 Å². The lowest BCUT2D eigenvalue weighted by Crippen LogP contribution is -2.21. The molecule has 0 heterocycles. The van der Waals surface area contributed by atoms with E-state index in [4.69, 9.17) is 0 Å². The van der Waals surface area contributed by atoms with E-state index in [9.17, 15) is 5.11 Å². The highest BCUT2D eigenvalue weighted by atomic mass is 16.3. The molecule has 1 fully saturated rings. The molecule has 1 aromatic carbocycles. The Morgan fingerprint density at radius 1 is 1.10 bits per heavy atom. The molecule has 1 saturated carbocycles. The highest BCUT2D eigenvalue weighted by Crippen LogP contribution is 2.37. The third-order valence-corrected chi connectivity index (χ3v) is 4.76. The number of hydrogen-bond donors (Lipinski definition) is 2. The molecule has 2 N–H and O–H groups in total. The van der Waals surface area contributed by atoms with Crippen molar-refractivity contribution in [2.75, 3.05) is 5.32 Å². The predicted molar refractivity (Wildman–Crippen MR) is 86.3 cm³/mol. The number of hydrogen-bond acceptors (Lipinski definition) is 2. The molecule has 0 saturated heterocycles. The van der Waals surface area contributed by atoms with Crippen molar-refractivity contribution in [3.05, 3.63) is 23.8 Å². The van der Waals surface area contributed by atoms with E-state index in [1.165, 1.54) is 32.1 Å². The number of aryl methyl sites for hydroxylation is 1. The van der Waals surface area contributed by atoms with Crippen LogP contribution in [-0.2, 0) is 0 Å². The summed E-state index contributed by atoms with van der Waals surface area (Å²) in [6.07, 6.45) is 6.50. The molecular weight excluding hydrogens is 246 g/mol. The van der Waals surface area contributed by atoms with E-state index < -0.39 is 0 Å². The van der Waals surface area contributed by atoms with Crippen molar-refractivity contribution in [2.45, 2.75) is 65.8 Å². The number of anilines is 1. The minimum Gasteiger partial charge on any atom is -0.508 e. The molecule has 1 aromatic rings. The van der Waals surface area contributed by atoms with Crippen LogP contribution in [0.15, 0.2) is 18.2 Å². The molecule has 0 amide bonds. The number of rotatable bonds is 2. The maximum atomic E-state index is 9.59. The number of nitrogens with one attached hydrogen (secondary N) is 1. The average molecular weight is 275 g/mol. The molecule has 2 unspecified atom stereocenters. The maximum Gasteiger partial charge on any atom is 0.118 e. The van der Waals surface area contributed by atoms with E-state index in [2.05, 4.69) is 26.1 Å². The Balaban J connectivity index is 1.95. The highest BCUT2D eigenvalue weighted by molar-refractivity contribution is 5.50. The molecule has 0 radical (unpaired) electrons. The molecule has 0 aliphatic heterocycles. The van der Waals surface area contributed by atoms with Gasteiger partial charge in [0.15, 0.2) is 0 Å². The highest BCUT2D eigenvalue weighted by Gasteiger charge is 2.27. The summed E-state index contributed by atoms with van der Waals surface area (Å²) in [4.78, 5) is 0. The largest absolute Gasteiger partial charge is 0.508 e. The lowest BCUT2D eigenvalue weighted by Gasteiger charge is -2.29. The third kappa shape index (κ3) is 3.91. The number of benzene rings is 1. The number of aromatic hydroxyl groups is 1. The minimum absolute atomic E-state index is 0.379. The molecule has 2 rings (SSSR count). The van der Waals surface area contributed by atoms with E-state index in [-0.39, 0.29) is 0 Å².